The van der Waals surface area contributed by atoms with Gasteiger partial charge in [0.2, 0.25) is 0 Å². The minimum atomic E-state index is -1.43. The van der Waals surface area contributed by atoms with Gasteiger partial charge in [0.25, 0.3) is 0 Å². The van der Waals surface area contributed by atoms with E-state index in [0.29, 0.717) is 11.8 Å². The van der Waals surface area contributed by atoms with Crippen LogP contribution in [-0.2, 0) is 9.59 Å². The van der Waals surface area contributed by atoms with E-state index in [1.165, 1.54) is 12.0 Å². The summed E-state index contributed by atoms with van der Waals surface area (Å²) in [5, 5.41) is 21.3. The molecule has 0 saturated heterocycles. The number of allylic oxidation sites excluding steroid dienone is 4. The van der Waals surface area contributed by atoms with E-state index in [4.69, 9.17) is 0 Å². The van der Waals surface area contributed by atoms with Crippen LogP contribution >= 0.6 is 0 Å². The third kappa shape index (κ3) is 1.77. The van der Waals surface area contributed by atoms with E-state index < -0.39 is 23.4 Å². The maximum atomic E-state index is 12.7. The highest BCUT2D eigenvalue weighted by atomic mass is 16.3. The summed E-state index contributed by atoms with van der Waals surface area (Å²) in [5.41, 5.74) is -0.553. The fraction of sp³-hybridized carbons (Fsp3) is 0.750. The molecule has 4 saturated carbocycles. The summed E-state index contributed by atoms with van der Waals surface area (Å²) < 4.78 is 0. The molecule has 2 N–H and O–H groups in total. The first kappa shape index (κ1) is 18.7. The smallest absolute Gasteiger partial charge is 0.190 e. The molecule has 152 valence electrons. The maximum absolute atomic E-state index is 12.7. The molecule has 0 bridgehead atoms. The molecule has 0 heterocycles. The van der Waals surface area contributed by atoms with Crippen molar-refractivity contribution in [2.45, 2.75) is 64.9 Å². The van der Waals surface area contributed by atoms with Crippen LogP contribution in [0.1, 0.15) is 59.3 Å². The number of aliphatic hydroxyl groups is 2. The Balaban J connectivity index is 1.63. The Kier molecular flexibility index (Phi) is 3.65. The zero-order valence-electron chi connectivity index (χ0n) is 17.2. The van der Waals surface area contributed by atoms with Crippen molar-refractivity contribution >= 4 is 11.6 Å². The second-order valence-corrected chi connectivity index (χ2v) is 10.7. The summed E-state index contributed by atoms with van der Waals surface area (Å²) in [4.78, 5) is 24.8. The fourth-order valence-corrected chi connectivity index (χ4v) is 8.94. The van der Waals surface area contributed by atoms with Gasteiger partial charge in [0.1, 0.15) is 12.2 Å². The molecule has 0 aromatic rings. The summed E-state index contributed by atoms with van der Waals surface area (Å²) >= 11 is 0. The monoisotopic (exact) mass is 384 g/mol. The Labute approximate surface area is 167 Å². The van der Waals surface area contributed by atoms with Crippen LogP contribution in [0.2, 0.25) is 0 Å². The molecule has 4 heteroatoms. The van der Waals surface area contributed by atoms with Gasteiger partial charge in [-0.15, -0.1) is 0 Å². The third-order valence-electron chi connectivity index (χ3n) is 10.3. The lowest BCUT2D eigenvalue weighted by Crippen LogP contribution is -2.68. The van der Waals surface area contributed by atoms with Gasteiger partial charge < -0.3 is 10.2 Å². The van der Waals surface area contributed by atoms with Crippen molar-refractivity contribution in [3.05, 3.63) is 23.8 Å². The van der Waals surface area contributed by atoms with Crippen LogP contribution in [0.3, 0.4) is 0 Å². The number of hydrogen-bond donors (Lipinski definition) is 2. The first-order valence-corrected chi connectivity index (χ1v) is 11.0. The van der Waals surface area contributed by atoms with Gasteiger partial charge in [-0.05, 0) is 79.8 Å². The summed E-state index contributed by atoms with van der Waals surface area (Å²) in [5.74, 6) is 0.759. The van der Waals surface area contributed by atoms with Crippen molar-refractivity contribution in [3.63, 3.8) is 0 Å². The van der Waals surface area contributed by atoms with Gasteiger partial charge >= 0.3 is 0 Å². The Hall–Kier alpha value is -1.26. The number of fused-ring (bicyclic) bond motifs is 3. The van der Waals surface area contributed by atoms with Crippen molar-refractivity contribution < 1.29 is 19.8 Å². The second kappa shape index (κ2) is 5.46. The zero-order valence-corrected chi connectivity index (χ0v) is 17.2. The lowest BCUT2D eigenvalue weighted by molar-refractivity contribution is -0.229. The topological polar surface area (TPSA) is 74.6 Å². The molecule has 1 spiro atoms. The molecule has 4 fully saturated rings. The lowest BCUT2D eigenvalue weighted by Gasteiger charge is -2.73. The molecule has 5 aliphatic rings. The Morgan fingerprint density at radius 1 is 1.25 bits per heavy atom. The van der Waals surface area contributed by atoms with Crippen LogP contribution in [0.4, 0.5) is 0 Å². The summed E-state index contributed by atoms with van der Waals surface area (Å²) in [6.07, 6.45) is 11.7. The van der Waals surface area contributed by atoms with Crippen LogP contribution in [0.25, 0.3) is 0 Å². The quantitative estimate of drug-likeness (QED) is 0.767. The van der Waals surface area contributed by atoms with Crippen molar-refractivity contribution in [2.24, 2.45) is 39.9 Å². The first-order chi connectivity index (χ1) is 13.1. The molecule has 4 nitrogen and oxygen atoms in total. The van der Waals surface area contributed by atoms with Crippen molar-refractivity contribution in [1.82, 2.24) is 0 Å². The molecular weight excluding hydrogens is 352 g/mol. The number of hydrogen-bond acceptors (Lipinski definition) is 4. The number of rotatable bonds is 2. The second-order valence-electron chi connectivity index (χ2n) is 10.7. The van der Waals surface area contributed by atoms with E-state index in [2.05, 4.69) is 19.9 Å². The van der Waals surface area contributed by atoms with Crippen LogP contribution < -0.4 is 0 Å². The van der Waals surface area contributed by atoms with Crippen LogP contribution in [0.5, 0.6) is 0 Å². The lowest BCUT2D eigenvalue weighted by atomic mass is 9.31. The van der Waals surface area contributed by atoms with Crippen LogP contribution in [0.15, 0.2) is 23.8 Å². The highest BCUT2D eigenvalue weighted by Gasteiger charge is 2.76. The molecule has 28 heavy (non-hydrogen) atoms. The van der Waals surface area contributed by atoms with Crippen molar-refractivity contribution in [3.8, 4) is 0 Å². The third-order valence-corrected chi connectivity index (χ3v) is 10.3. The predicted octanol–water partition coefficient (Wildman–Crippen LogP) is 3.22. The number of Topliss-reactive ketones (excluding diaryl/α,β-unsaturated/α-hetero) is 1. The van der Waals surface area contributed by atoms with E-state index in [1.807, 2.05) is 13.0 Å². The van der Waals surface area contributed by atoms with Crippen molar-refractivity contribution in [2.75, 3.05) is 6.61 Å². The summed E-state index contributed by atoms with van der Waals surface area (Å²) in [7, 11) is 0. The van der Waals surface area contributed by atoms with Gasteiger partial charge in [0.05, 0.1) is 0 Å². The van der Waals surface area contributed by atoms with E-state index in [1.54, 1.807) is 6.08 Å². The molecule has 5 rings (SSSR count). The Morgan fingerprint density at radius 2 is 2.00 bits per heavy atom. The number of carbonyl (C=O) groups is 2. The van der Waals surface area contributed by atoms with Gasteiger partial charge in [0.15, 0.2) is 11.6 Å². The first-order valence-electron chi connectivity index (χ1n) is 11.0. The van der Waals surface area contributed by atoms with Crippen LogP contribution in [-0.4, -0.2) is 34.0 Å². The van der Waals surface area contributed by atoms with E-state index in [9.17, 15) is 19.8 Å². The van der Waals surface area contributed by atoms with E-state index >= 15 is 0 Å². The van der Waals surface area contributed by atoms with Gasteiger partial charge in [-0.25, -0.2) is 0 Å². The predicted molar refractivity (Wildman–Crippen MR) is 105 cm³/mol. The SMILES string of the molecule is CC1CC2C3CCC4=CC(=O)C=CC4(C)C34CCC4CC2(C)C1(O)C(=O)CO. The average molecular weight is 385 g/mol. The van der Waals surface area contributed by atoms with Crippen molar-refractivity contribution in [1.29, 1.82) is 0 Å². The largest absolute Gasteiger partial charge is 0.388 e. The summed E-state index contributed by atoms with van der Waals surface area (Å²) in [6.45, 7) is 5.84. The molecule has 0 aromatic heterocycles. The van der Waals surface area contributed by atoms with E-state index in [0.717, 1.165) is 32.1 Å². The number of ketones is 2. The molecular formula is C24H32O4. The maximum Gasteiger partial charge on any atom is 0.190 e. The molecule has 8 unspecified atom stereocenters. The average Bonchev–Trinajstić information content (AvgIpc) is 2.85. The summed E-state index contributed by atoms with van der Waals surface area (Å²) in [6, 6.07) is 0. The normalized spacial score (nSPS) is 54.0. The van der Waals surface area contributed by atoms with Gasteiger partial charge in [0, 0.05) is 10.8 Å². The minimum Gasteiger partial charge on any atom is -0.388 e. The highest BCUT2D eigenvalue weighted by Crippen LogP contribution is 2.79. The van der Waals surface area contributed by atoms with Gasteiger partial charge in [-0.3, -0.25) is 9.59 Å². The fourth-order valence-electron chi connectivity index (χ4n) is 8.94. The van der Waals surface area contributed by atoms with E-state index in [-0.39, 0.29) is 28.4 Å². The molecule has 5 aliphatic carbocycles. The molecule has 0 radical (unpaired) electrons. The minimum absolute atomic E-state index is 0.0843. The molecule has 0 aliphatic heterocycles. The Morgan fingerprint density at radius 3 is 2.64 bits per heavy atom. The molecule has 0 amide bonds. The Bertz CT molecular complexity index is 826. The standard InChI is InChI=1S/C24H32O4/c1-14-10-19-18-5-4-15-11-17(26)7-8-21(15,2)23(18)9-6-16(23)12-22(19,3)24(14,28)20(27)13-25/h7-8,11,14,16,18-19,25,28H,4-6,9-10,12-13H2,1-3H3. The van der Waals surface area contributed by atoms with Gasteiger partial charge in [-0.1, -0.05) is 32.4 Å². The van der Waals surface area contributed by atoms with Gasteiger partial charge in [-0.2, -0.15) is 0 Å². The van der Waals surface area contributed by atoms with Crippen LogP contribution in [0, 0.1) is 39.9 Å². The molecule has 8 atom stereocenters. The number of carbonyl (C=O) groups excluding carboxylic acids is 2. The zero-order chi connectivity index (χ0) is 20.1. The molecule has 0 aromatic carbocycles. The number of aliphatic hydroxyl groups excluding tert-OH is 1. The highest BCUT2D eigenvalue weighted by molar-refractivity contribution is 6.01.